The monoisotopic (exact) mass is 270 g/mol. The van der Waals surface area contributed by atoms with Crippen LogP contribution in [0.15, 0.2) is 24.3 Å². The summed E-state index contributed by atoms with van der Waals surface area (Å²) in [4.78, 5) is 0. The lowest BCUT2D eigenvalue weighted by Crippen LogP contribution is -2.24. The van der Waals surface area contributed by atoms with Gasteiger partial charge >= 0.3 is 0 Å². The molecule has 0 spiro atoms. The van der Waals surface area contributed by atoms with E-state index in [1.54, 1.807) is 0 Å². The van der Waals surface area contributed by atoms with Crippen molar-refractivity contribution in [1.29, 1.82) is 0 Å². The summed E-state index contributed by atoms with van der Waals surface area (Å²) < 4.78 is 0. The van der Waals surface area contributed by atoms with Crippen LogP contribution < -0.4 is 0 Å². The van der Waals surface area contributed by atoms with Crippen molar-refractivity contribution in [2.24, 2.45) is 5.92 Å². The van der Waals surface area contributed by atoms with Gasteiger partial charge in [-0.15, -0.1) is 0 Å². The molecular weight excluding hydrogens is 256 g/mol. The molecule has 0 nitrogen and oxygen atoms in total. The van der Waals surface area contributed by atoms with Gasteiger partial charge in [0.1, 0.15) is 0 Å². The van der Waals surface area contributed by atoms with Gasteiger partial charge in [0.2, 0.25) is 0 Å². The van der Waals surface area contributed by atoms with Crippen LogP contribution >= 0.6 is 35.1 Å². The summed E-state index contributed by atoms with van der Waals surface area (Å²) in [6, 6.07) is 8.49. The van der Waals surface area contributed by atoms with Gasteiger partial charge in [-0.05, 0) is 48.0 Å². The molecule has 16 heavy (non-hydrogen) atoms. The van der Waals surface area contributed by atoms with Crippen LogP contribution in [0.25, 0.3) is 0 Å². The van der Waals surface area contributed by atoms with Crippen LogP contribution in [0.2, 0.25) is 5.02 Å². The highest BCUT2D eigenvalue weighted by molar-refractivity contribution is 8.01. The van der Waals surface area contributed by atoms with Gasteiger partial charge in [-0.1, -0.05) is 23.7 Å². The van der Waals surface area contributed by atoms with Gasteiger partial charge in [0.05, 0.1) is 0 Å². The van der Waals surface area contributed by atoms with Gasteiger partial charge in [0.25, 0.3) is 0 Å². The number of fused-ring (bicyclic) bond motifs is 1. The normalized spacial score (nSPS) is 33.7. The van der Waals surface area contributed by atoms with Gasteiger partial charge in [-0.3, -0.25) is 0 Å². The molecule has 0 bridgehead atoms. The van der Waals surface area contributed by atoms with Crippen molar-refractivity contribution in [3.8, 4) is 0 Å². The summed E-state index contributed by atoms with van der Waals surface area (Å²) in [7, 11) is 0. The molecule has 0 aromatic heterocycles. The zero-order valence-corrected chi connectivity index (χ0v) is 11.5. The maximum Gasteiger partial charge on any atom is 0.0406 e. The fourth-order valence-electron chi connectivity index (χ4n) is 2.74. The Bertz CT molecular complexity index is 363. The van der Waals surface area contributed by atoms with Crippen LogP contribution in [0.5, 0.6) is 0 Å². The average molecular weight is 271 g/mol. The van der Waals surface area contributed by atoms with E-state index in [1.807, 2.05) is 12.1 Å². The number of hydrogen-bond acceptors (Lipinski definition) is 2. The van der Waals surface area contributed by atoms with Crippen molar-refractivity contribution in [3.05, 3.63) is 34.9 Å². The highest BCUT2D eigenvalue weighted by Gasteiger charge is 2.38. The van der Waals surface area contributed by atoms with E-state index in [1.165, 1.54) is 29.9 Å². The van der Waals surface area contributed by atoms with E-state index in [-0.39, 0.29) is 0 Å². The smallest absolute Gasteiger partial charge is 0.0406 e. The number of halogens is 1. The molecule has 3 heteroatoms. The highest BCUT2D eigenvalue weighted by Crippen LogP contribution is 2.52. The molecule has 2 saturated heterocycles. The third-order valence-corrected chi connectivity index (χ3v) is 6.74. The third kappa shape index (κ3) is 2.12. The second-order valence-electron chi connectivity index (χ2n) is 4.49. The number of hydrogen-bond donors (Lipinski definition) is 0. The summed E-state index contributed by atoms with van der Waals surface area (Å²) in [5.41, 5.74) is 1.48. The Morgan fingerprint density at radius 2 is 1.75 bits per heavy atom. The molecule has 86 valence electrons. The molecule has 0 saturated carbocycles. The third-order valence-electron chi connectivity index (χ3n) is 3.55. The molecular formula is C13H15ClS2. The molecule has 3 atom stereocenters. The van der Waals surface area contributed by atoms with Crippen molar-refractivity contribution < 1.29 is 0 Å². The summed E-state index contributed by atoms with van der Waals surface area (Å²) in [5, 5.41) is 2.48. The first-order valence-corrected chi connectivity index (χ1v) is 8.31. The molecule has 2 heterocycles. The van der Waals surface area contributed by atoms with Crippen molar-refractivity contribution in [2.75, 3.05) is 11.5 Å². The number of rotatable bonds is 1. The second kappa shape index (κ2) is 4.83. The van der Waals surface area contributed by atoms with Gasteiger partial charge in [0, 0.05) is 15.5 Å². The van der Waals surface area contributed by atoms with E-state index in [2.05, 4.69) is 35.7 Å². The van der Waals surface area contributed by atoms with Crippen LogP contribution in [0.1, 0.15) is 23.7 Å². The molecule has 1 aromatic carbocycles. The Morgan fingerprint density at radius 3 is 2.56 bits per heavy atom. The fraction of sp³-hybridized carbons (Fsp3) is 0.538. The number of benzene rings is 1. The largest absolute Gasteiger partial charge is 0.158 e. The minimum absolute atomic E-state index is 0.714. The Balaban J connectivity index is 1.85. The Kier molecular flexibility index (Phi) is 3.42. The molecule has 2 aliphatic rings. The zero-order chi connectivity index (χ0) is 11.0. The maximum absolute atomic E-state index is 5.95. The molecule has 0 amide bonds. The first-order chi connectivity index (χ1) is 7.84. The van der Waals surface area contributed by atoms with Gasteiger partial charge in [0.15, 0.2) is 0 Å². The maximum atomic E-state index is 5.95. The van der Waals surface area contributed by atoms with Crippen molar-refractivity contribution >= 4 is 35.1 Å². The average Bonchev–Trinajstić information content (AvgIpc) is 2.78. The Hall–Kier alpha value is 0.210. The second-order valence-corrected chi connectivity index (χ2v) is 7.53. The molecule has 2 aliphatic heterocycles. The molecule has 0 radical (unpaired) electrons. The van der Waals surface area contributed by atoms with E-state index in [0.29, 0.717) is 5.25 Å². The van der Waals surface area contributed by atoms with E-state index in [9.17, 15) is 0 Å². The topological polar surface area (TPSA) is 0 Å². The SMILES string of the molecule is Clc1ccc(C2SCCC3SCCC32)cc1. The predicted octanol–water partition coefficient (Wildman–Crippen LogP) is 4.64. The molecule has 0 aliphatic carbocycles. The van der Waals surface area contributed by atoms with Crippen LogP contribution in [-0.4, -0.2) is 16.8 Å². The standard InChI is InChI=1S/C13H15ClS2/c14-10-3-1-9(2-4-10)13-11-5-7-15-12(11)6-8-16-13/h1-4,11-13H,5-8H2. The van der Waals surface area contributed by atoms with E-state index in [0.717, 1.165) is 16.2 Å². The van der Waals surface area contributed by atoms with Gasteiger partial charge < -0.3 is 0 Å². The van der Waals surface area contributed by atoms with Crippen molar-refractivity contribution in [2.45, 2.75) is 23.3 Å². The van der Waals surface area contributed by atoms with Crippen molar-refractivity contribution in [1.82, 2.24) is 0 Å². The number of thioether (sulfide) groups is 2. The Morgan fingerprint density at radius 1 is 1.00 bits per heavy atom. The van der Waals surface area contributed by atoms with Crippen molar-refractivity contribution in [3.63, 3.8) is 0 Å². The summed E-state index contributed by atoms with van der Waals surface area (Å²) >= 11 is 10.3. The van der Waals surface area contributed by atoms with E-state index in [4.69, 9.17) is 11.6 Å². The first kappa shape index (κ1) is 11.3. The lowest BCUT2D eigenvalue weighted by Gasteiger charge is -2.33. The first-order valence-electron chi connectivity index (χ1n) is 5.83. The van der Waals surface area contributed by atoms with Gasteiger partial charge in [-0.2, -0.15) is 23.5 Å². The minimum atomic E-state index is 0.714. The Labute approximate surface area is 111 Å². The summed E-state index contributed by atoms with van der Waals surface area (Å²) in [6.45, 7) is 0. The molecule has 3 unspecified atom stereocenters. The lowest BCUT2D eigenvalue weighted by molar-refractivity contribution is 0.480. The molecule has 2 fully saturated rings. The van der Waals surface area contributed by atoms with Crippen LogP contribution in [0.3, 0.4) is 0 Å². The van der Waals surface area contributed by atoms with Crippen LogP contribution in [0.4, 0.5) is 0 Å². The van der Waals surface area contributed by atoms with Crippen LogP contribution in [-0.2, 0) is 0 Å². The molecule has 1 aromatic rings. The van der Waals surface area contributed by atoms with E-state index >= 15 is 0 Å². The minimum Gasteiger partial charge on any atom is -0.158 e. The van der Waals surface area contributed by atoms with Gasteiger partial charge in [-0.25, -0.2) is 0 Å². The van der Waals surface area contributed by atoms with E-state index < -0.39 is 0 Å². The summed E-state index contributed by atoms with van der Waals surface area (Å²) in [5.74, 6) is 3.58. The highest BCUT2D eigenvalue weighted by atomic mass is 35.5. The molecule has 0 N–H and O–H groups in total. The zero-order valence-electron chi connectivity index (χ0n) is 9.06. The molecule has 3 rings (SSSR count). The lowest BCUT2D eigenvalue weighted by atomic mass is 9.91. The fourth-order valence-corrected chi connectivity index (χ4v) is 6.22. The predicted molar refractivity (Wildman–Crippen MR) is 75.6 cm³/mol. The summed E-state index contributed by atoms with van der Waals surface area (Å²) in [6.07, 6.45) is 2.81. The van der Waals surface area contributed by atoms with Crippen LogP contribution in [0, 0.1) is 5.92 Å². The quantitative estimate of drug-likeness (QED) is 0.729.